The van der Waals surface area contributed by atoms with Crippen LogP contribution in [0.15, 0.2) is 47.4 Å². The Morgan fingerprint density at radius 2 is 2.15 bits per heavy atom. The van der Waals surface area contributed by atoms with Crippen LogP contribution in [0.1, 0.15) is 10.4 Å². The highest BCUT2D eigenvalue weighted by molar-refractivity contribution is 5.89. The van der Waals surface area contributed by atoms with E-state index in [2.05, 4.69) is 20.1 Å². The van der Waals surface area contributed by atoms with Gasteiger partial charge in [-0.1, -0.05) is 11.2 Å². The zero-order chi connectivity index (χ0) is 13.9. The van der Waals surface area contributed by atoms with Crippen molar-refractivity contribution in [3.05, 3.63) is 48.4 Å². The highest BCUT2D eigenvalue weighted by Gasteiger charge is 2.13. The van der Waals surface area contributed by atoms with Crippen LogP contribution in [0, 0.1) is 0 Å². The molecular formula is C13H8N4O3. The summed E-state index contributed by atoms with van der Waals surface area (Å²) in [4.78, 5) is 22.9. The van der Waals surface area contributed by atoms with Gasteiger partial charge in [-0.05, 0) is 24.3 Å². The lowest BCUT2D eigenvalue weighted by atomic mass is 10.1. The molecule has 0 aliphatic carbocycles. The average Bonchev–Trinajstić information content (AvgIpc) is 2.98. The van der Waals surface area contributed by atoms with E-state index in [-0.39, 0.29) is 11.5 Å². The minimum absolute atomic E-state index is 0.157. The summed E-state index contributed by atoms with van der Waals surface area (Å²) in [7, 11) is 0. The molecule has 0 radical (unpaired) electrons. The molecule has 3 aromatic rings. The average molecular weight is 268 g/mol. The van der Waals surface area contributed by atoms with Crippen LogP contribution in [0.3, 0.4) is 0 Å². The van der Waals surface area contributed by atoms with E-state index in [0.717, 1.165) is 0 Å². The lowest BCUT2D eigenvalue weighted by Crippen LogP contribution is -1.95. The molecule has 0 spiro atoms. The number of carboxylic acids is 1. The first-order valence-corrected chi connectivity index (χ1v) is 5.68. The number of aromatic nitrogens is 4. The van der Waals surface area contributed by atoms with Crippen LogP contribution in [-0.4, -0.2) is 31.2 Å². The highest BCUT2D eigenvalue weighted by Crippen LogP contribution is 2.21. The topological polar surface area (TPSA) is 102 Å². The summed E-state index contributed by atoms with van der Waals surface area (Å²) in [5.41, 5.74) is 1.23. The van der Waals surface area contributed by atoms with Crippen molar-refractivity contribution in [1.29, 1.82) is 0 Å². The molecule has 0 bridgehead atoms. The second kappa shape index (κ2) is 4.88. The van der Waals surface area contributed by atoms with Crippen LogP contribution in [-0.2, 0) is 0 Å². The predicted molar refractivity (Wildman–Crippen MR) is 67.7 cm³/mol. The fourth-order valence-corrected chi connectivity index (χ4v) is 1.65. The molecule has 2 heterocycles. The van der Waals surface area contributed by atoms with Crippen molar-refractivity contribution < 1.29 is 14.4 Å². The van der Waals surface area contributed by atoms with Crippen molar-refractivity contribution in [2.24, 2.45) is 0 Å². The molecule has 3 rings (SSSR count). The van der Waals surface area contributed by atoms with E-state index in [1.165, 1.54) is 18.5 Å². The van der Waals surface area contributed by atoms with Gasteiger partial charge in [-0.25, -0.2) is 14.8 Å². The van der Waals surface area contributed by atoms with Crippen LogP contribution in [0.2, 0.25) is 0 Å². The number of carbonyl (C=O) groups is 1. The second-order valence-corrected chi connectivity index (χ2v) is 3.90. The molecular weight excluding hydrogens is 260 g/mol. The fourth-order valence-electron chi connectivity index (χ4n) is 1.65. The first-order chi connectivity index (χ1) is 9.74. The van der Waals surface area contributed by atoms with Gasteiger partial charge in [-0.3, -0.25) is 0 Å². The Bertz CT molecular complexity index is 755. The van der Waals surface area contributed by atoms with Gasteiger partial charge in [0, 0.05) is 11.8 Å². The first-order valence-electron chi connectivity index (χ1n) is 5.68. The zero-order valence-electron chi connectivity index (χ0n) is 10.1. The van der Waals surface area contributed by atoms with Crippen molar-refractivity contribution in [3.8, 4) is 23.0 Å². The fraction of sp³-hybridized carbons (Fsp3) is 0. The lowest BCUT2D eigenvalue weighted by Gasteiger charge is -1.96. The van der Waals surface area contributed by atoms with Gasteiger partial charge >= 0.3 is 5.97 Å². The Kier molecular flexibility index (Phi) is 2.92. The van der Waals surface area contributed by atoms with E-state index in [1.807, 2.05) is 0 Å². The third-order valence-corrected chi connectivity index (χ3v) is 2.59. The van der Waals surface area contributed by atoms with Gasteiger partial charge < -0.3 is 9.63 Å². The summed E-state index contributed by atoms with van der Waals surface area (Å²) in [6, 6.07) is 7.94. The van der Waals surface area contributed by atoms with Gasteiger partial charge in [0.2, 0.25) is 5.82 Å². The molecule has 7 heteroatoms. The molecule has 0 amide bonds. The molecule has 7 nitrogen and oxygen atoms in total. The molecule has 98 valence electrons. The van der Waals surface area contributed by atoms with Crippen LogP contribution in [0.4, 0.5) is 0 Å². The molecule has 2 aromatic heterocycles. The molecule has 0 aliphatic heterocycles. The van der Waals surface area contributed by atoms with Crippen molar-refractivity contribution in [3.63, 3.8) is 0 Å². The van der Waals surface area contributed by atoms with Crippen LogP contribution in [0.25, 0.3) is 23.0 Å². The van der Waals surface area contributed by atoms with Crippen molar-refractivity contribution >= 4 is 5.97 Å². The third-order valence-electron chi connectivity index (χ3n) is 2.59. The first kappa shape index (κ1) is 12.0. The van der Waals surface area contributed by atoms with Crippen LogP contribution < -0.4 is 0 Å². The van der Waals surface area contributed by atoms with E-state index in [4.69, 9.17) is 9.63 Å². The monoisotopic (exact) mass is 268 g/mol. The van der Waals surface area contributed by atoms with Gasteiger partial charge in [-0.2, -0.15) is 4.98 Å². The molecule has 1 aromatic carbocycles. The number of benzene rings is 1. The Morgan fingerprint density at radius 3 is 2.90 bits per heavy atom. The van der Waals surface area contributed by atoms with Crippen molar-refractivity contribution in [2.45, 2.75) is 0 Å². The van der Waals surface area contributed by atoms with Gasteiger partial charge in [0.1, 0.15) is 12.0 Å². The van der Waals surface area contributed by atoms with Crippen LogP contribution >= 0.6 is 0 Å². The van der Waals surface area contributed by atoms with Crippen molar-refractivity contribution in [1.82, 2.24) is 20.1 Å². The SMILES string of the molecule is O=C(O)c1cccc(-c2nc(-c3ccncn3)no2)c1. The standard InChI is InChI=1S/C13H8N4O3/c18-13(19)9-3-1-2-8(6-9)12-16-11(17-20-12)10-4-5-14-7-15-10/h1-7H,(H,18,19). The summed E-state index contributed by atoms with van der Waals surface area (Å²) < 4.78 is 5.13. The van der Waals surface area contributed by atoms with Gasteiger partial charge in [-0.15, -0.1) is 0 Å². The Morgan fingerprint density at radius 1 is 1.25 bits per heavy atom. The summed E-state index contributed by atoms with van der Waals surface area (Å²) in [5.74, 6) is -0.452. The van der Waals surface area contributed by atoms with E-state index in [9.17, 15) is 4.79 Å². The smallest absolute Gasteiger partial charge is 0.335 e. The number of aromatic carboxylic acids is 1. The Balaban J connectivity index is 1.98. The second-order valence-electron chi connectivity index (χ2n) is 3.90. The summed E-state index contributed by atoms with van der Waals surface area (Å²) in [5, 5.41) is 12.8. The maximum Gasteiger partial charge on any atom is 0.335 e. The minimum atomic E-state index is -1.01. The number of rotatable bonds is 3. The maximum atomic E-state index is 10.9. The molecule has 0 saturated carbocycles. The molecule has 0 aliphatic rings. The maximum absolute atomic E-state index is 10.9. The Labute approximate surface area is 112 Å². The molecule has 20 heavy (non-hydrogen) atoms. The summed E-state index contributed by atoms with van der Waals surface area (Å²) in [6.45, 7) is 0. The molecule has 1 N–H and O–H groups in total. The number of hydrogen-bond donors (Lipinski definition) is 1. The zero-order valence-corrected chi connectivity index (χ0v) is 10.1. The number of carboxylic acid groups (broad SMARTS) is 1. The number of nitrogens with zero attached hydrogens (tertiary/aromatic N) is 4. The van der Waals surface area contributed by atoms with E-state index < -0.39 is 5.97 Å². The van der Waals surface area contributed by atoms with Gasteiger partial charge in [0.15, 0.2) is 0 Å². The highest BCUT2D eigenvalue weighted by atomic mass is 16.5. The quantitative estimate of drug-likeness (QED) is 0.773. The minimum Gasteiger partial charge on any atom is -0.478 e. The Hall–Kier alpha value is -3.09. The molecule has 0 saturated heterocycles. The molecule has 0 unspecified atom stereocenters. The van der Waals surface area contributed by atoms with E-state index >= 15 is 0 Å². The van der Waals surface area contributed by atoms with Gasteiger partial charge in [0.05, 0.1) is 5.56 Å². The number of hydrogen-bond acceptors (Lipinski definition) is 6. The molecule has 0 fully saturated rings. The van der Waals surface area contributed by atoms with E-state index in [1.54, 1.807) is 24.4 Å². The lowest BCUT2D eigenvalue weighted by molar-refractivity contribution is 0.0697. The van der Waals surface area contributed by atoms with Crippen LogP contribution in [0.5, 0.6) is 0 Å². The van der Waals surface area contributed by atoms with Gasteiger partial charge in [0.25, 0.3) is 5.89 Å². The molecule has 0 atom stereocenters. The largest absolute Gasteiger partial charge is 0.478 e. The predicted octanol–water partition coefficient (Wildman–Crippen LogP) is 1.89. The third kappa shape index (κ3) is 2.24. The van der Waals surface area contributed by atoms with Crippen molar-refractivity contribution in [2.75, 3.05) is 0 Å². The summed E-state index contributed by atoms with van der Waals surface area (Å²) in [6.07, 6.45) is 2.96. The summed E-state index contributed by atoms with van der Waals surface area (Å²) >= 11 is 0. The normalized spacial score (nSPS) is 10.4. The van der Waals surface area contributed by atoms with E-state index in [0.29, 0.717) is 17.1 Å².